The number of carbonyl (C=O) groups excluding carboxylic acids is 1. The van der Waals surface area contributed by atoms with E-state index in [-0.39, 0.29) is 31.7 Å². The Morgan fingerprint density at radius 1 is 0.968 bits per heavy atom. The van der Waals surface area contributed by atoms with Crippen LogP contribution in [0.2, 0.25) is 0 Å². The number of phosphoric acid groups is 1. The molecule has 10 heteroatoms. The first-order chi connectivity index (χ1) is 14.6. The lowest BCUT2D eigenvalue weighted by Crippen LogP contribution is -2.37. The molecule has 2 atom stereocenters. The van der Waals surface area contributed by atoms with Gasteiger partial charge in [-0.25, -0.2) is 0 Å². The molecule has 0 aliphatic rings. The first-order valence-corrected chi connectivity index (χ1v) is 14.6. The Kier molecular flexibility index (Phi) is 18.8. The Morgan fingerprint density at radius 2 is 1.52 bits per heavy atom. The van der Waals surface area contributed by atoms with E-state index in [0.29, 0.717) is 16.8 Å². The van der Waals surface area contributed by atoms with Crippen LogP contribution in [-0.2, 0) is 23.1 Å². The van der Waals surface area contributed by atoms with Gasteiger partial charge in [0.15, 0.2) is 0 Å². The molecule has 0 saturated heterocycles. The topological polar surface area (TPSA) is 84.9 Å². The highest BCUT2D eigenvalue weighted by molar-refractivity contribution is 7.99. The van der Waals surface area contributed by atoms with Crippen molar-refractivity contribution in [1.82, 2.24) is 0 Å². The smallest absolute Gasteiger partial charge is 0.309 e. The third-order valence-electron chi connectivity index (χ3n) is 4.56. The number of thiol groups is 1. The highest BCUT2D eigenvalue weighted by Crippen LogP contribution is 2.37. The Bertz CT molecular complexity index is 505. The van der Waals surface area contributed by atoms with Crippen molar-refractivity contribution in [2.45, 2.75) is 58.3 Å². The van der Waals surface area contributed by atoms with Gasteiger partial charge in [-0.1, -0.05) is 45.4 Å². The molecular weight excluding hydrogens is 457 g/mol. The summed E-state index contributed by atoms with van der Waals surface area (Å²) < 4.78 is 26.9. The molecule has 0 aromatic heterocycles. The maximum absolute atomic E-state index is 12.0. The number of likely N-dealkylation sites (N-methyl/N-ethyl adjacent to an activating group) is 1. The molecule has 0 heterocycles. The van der Waals surface area contributed by atoms with Crippen molar-refractivity contribution in [3.05, 3.63) is 0 Å². The lowest BCUT2D eigenvalue weighted by Gasteiger charge is -2.27. The van der Waals surface area contributed by atoms with E-state index in [4.69, 9.17) is 13.8 Å². The summed E-state index contributed by atoms with van der Waals surface area (Å²) >= 11 is 5.99. The van der Waals surface area contributed by atoms with Gasteiger partial charge in [0.25, 0.3) is 7.82 Å². The fourth-order valence-corrected chi connectivity index (χ4v) is 4.57. The highest BCUT2D eigenvalue weighted by Gasteiger charge is 2.16. The summed E-state index contributed by atoms with van der Waals surface area (Å²) in [5, 5.41) is 0. The third kappa shape index (κ3) is 21.8. The molecule has 0 aromatic carbocycles. The summed E-state index contributed by atoms with van der Waals surface area (Å²) in [4.78, 5) is 23.6. The van der Waals surface area contributed by atoms with Crippen LogP contribution in [-0.4, -0.2) is 75.2 Å². The van der Waals surface area contributed by atoms with Crippen molar-refractivity contribution in [3.63, 3.8) is 0 Å². The largest absolute Gasteiger partial charge is 0.756 e. The molecule has 0 amide bonds. The third-order valence-corrected chi connectivity index (χ3v) is 7.18. The number of esters is 1. The molecule has 2 unspecified atom stereocenters. The lowest BCUT2D eigenvalue weighted by molar-refractivity contribution is -0.870. The zero-order valence-electron chi connectivity index (χ0n) is 19.9. The van der Waals surface area contributed by atoms with Crippen molar-refractivity contribution in [1.29, 1.82) is 0 Å². The zero-order chi connectivity index (χ0) is 23.6. The van der Waals surface area contributed by atoms with Gasteiger partial charge in [0.1, 0.15) is 19.8 Å². The van der Waals surface area contributed by atoms with Crippen LogP contribution in [0.3, 0.4) is 0 Å². The number of nitrogens with zero attached hydrogens (tertiary/aromatic N) is 1. The maximum Gasteiger partial charge on any atom is 0.309 e. The predicted molar refractivity (Wildman–Crippen MR) is 131 cm³/mol. The normalized spacial score (nSPS) is 14.9. The summed E-state index contributed by atoms with van der Waals surface area (Å²) in [5.41, 5.74) is 0. The van der Waals surface area contributed by atoms with Crippen molar-refractivity contribution in [2.75, 3.05) is 64.8 Å². The minimum absolute atomic E-state index is 0.0503. The second-order valence-corrected chi connectivity index (χ2v) is 11.8. The van der Waals surface area contributed by atoms with Gasteiger partial charge in [0.2, 0.25) is 0 Å². The van der Waals surface area contributed by atoms with Crippen LogP contribution in [0.25, 0.3) is 0 Å². The number of unbranched alkanes of at least 4 members (excludes halogenated alkanes) is 7. The molecular formula is C21H44NO6PS2. The predicted octanol–water partition coefficient (Wildman–Crippen LogP) is 4.16. The Balaban J connectivity index is 3.64. The number of ether oxygens (including phenoxy) is 1. The highest BCUT2D eigenvalue weighted by atomic mass is 32.2. The molecule has 0 rings (SSSR count). The molecule has 0 radical (unpaired) electrons. The van der Waals surface area contributed by atoms with Gasteiger partial charge in [-0.2, -0.15) is 24.4 Å². The van der Waals surface area contributed by atoms with Crippen molar-refractivity contribution in [2.24, 2.45) is 5.92 Å². The molecule has 31 heavy (non-hydrogen) atoms. The van der Waals surface area contributed by atoms with Crippen molar-refractivity contribution < 1.29 is 32.5 Å². The minimum Gasteiger partial charge on any atom is -0.756 e. The number of thioether (sulfide) groups is 1. The Labute approximate surface area is 199 Å². The molecule has 0 aliphatic carbocycles. The van der Waals surface area contributed by atoms with Gasteiger partial charge in [-0.05, 0) is 24.3 Å². The van der Waals surface area contributed by atoms with E-state index in [0.717, 1.165) is 11.5 Å². The summed E-state index contributed by atoms with van der Waals surface area (Å²) in [7, 11) is 1.45. The maximum atomic E-state index is 12.0. The fraction of sp³-hybridized carbons (Fsp3) is 0.952. The van der Waals surface area contributed by atoms with E-state index in [9.17, 15) is 14.3 Å². The number of phosphoric ester groups is 1. The van der Waals surface area contributed by atoms with Gasteiger partial charge < -0.3 is 23.2 Å². The van der Waals surface area contributed by atoms with E-state index < -0.39 is 7.82 Å². The number of hydrogen-bond acceptors (Lipinski definition) is 8. The molecule has 0 fully saturated rings. The number of quaternary nitrogens is 1. The molecule has 0 spiro atoms. The first-order valence-electron chi connectivity index (χ1n) is 11.3. The summed E-state index contributed by atoms with van der Waals surface area (Å²) in [6.07, 6.45) is 10.1. The lowest BCUT2D eigenvalue weighted by atomic mass is 10.1. The van der Waals surface area contributed by atoms with E-state index >= 15 is 0 Å². The molecule has 0 bridgehead atoms. The number of carbonyl (C=O) groups is 1. The first kappa shape index (κ1) is 31.2. The average Bonchev–Trinajstić information content (AvgIpc) is 2.67. The van der Waals surface area contributed by atoms with E-state index in [1.165, 1.54) is 51.4 Å². The SMILES string of the molecule is CC(CSCCCCCCCCCCS)C(=O)OCCOP(=O)([O-])OCC[N+](C)(C)C. The number of hydrogen-bond donors (Lipinski definition) is 1. The summed E-state index contributed by atoms with van der Waals surface area (Å²) in [6, 6.07) is 0. The second-order valence-electron chi connectivity index (χ2n) is 8.82. The quantitative estimate of drug-likeness (QED) is 0.0831. The van der Waals surface area contributed by atoms with E-state index in [1.54, 1.807) is 11.8 Å². The van der Waals surface area contributed by atoms with Crippen LogP contribution in [0.4, 0.5) is 0 Å². The van der Waals surface area contributed by atoms with Gasteiger partial charge in [-0.3, -0.25) is 9.36 Å². The summed E-state index contributed by atoms with van der Waals surface area (Å²) in [6.45, 7) is 2.08. The minimum atomic E-state index is -4.36. The standard InChI is InChI=1S/C21H44NO6PS2/c1-20(19-31-18-12-10-8-6-5-7-9-11-17-30)21(23)26-15-16-28-29(24,25)27-14-13-22(2,3)4/h20H,5-19H2,1-4H3,(H-,24,25,30). The van der Waals surface area contributed by atoms with Crippen LogP contribution in [0.5, 0.6) is 0 Å². The monoisotopic (exact) mass is 501 g/mol. The van der Waals surface area contributed by atoms with Crippen LogP contribution in [0.15, 0.2) is 0 Å². The Hall–Kier alpha value is 0.240. The van der Waals surface area contributed by atoms with Crippen LogP contribution in [0.1, 0.15) is 58.3 Å². The number of rotatable bonds is 21. The van der Waals surface area contributed by atoms with Gasteiger partial charge in [-0.15, -0.1) is 0 Å². The van der Waals surface area contributed by atoms with Gasteiger partial charge in [0.05, 0.1) is 33.7 Å². The van der Waals surface area contributed by atoms with Gasteiger partial charge >= 0.3 is 5.97 Å². The Morgan fingerprint density at radius 3 is 2.10 bits per heavy atom. The van der Waals surface area contributed by atoms with Crippen molar-refractivity contribution >= 4 is 38.2 Å². The molecule has 186 valence electrons. The van der Waals surface area contributed by atoms with Crippen LogP contribution < -0.4 is 4.89 Å². The molecule has 7 nitrogen and oxygen atoms in total. The molecule has 0 aromatic rings. The van der Waals surface area contributed by atoms with E-state index in [1.807, 2.05) is 28.1 Å². The molecule has 0 saturated carbocycles. The zero-order valence-corrected chi connectivity index (χ0v) is 22.5. The van der Waals surface area contributed by atoms with Crippen LogP contribution in [0, 0.1) is 5.92 Å². The average molecular weight is 502 g/mol. The fourth-order valence-electron chi connectivity index (χ4n) is 2.60. The molecule has 0 aliphatic heterocycles. The van der Waals surface area contributed by atoms with E-state index in [2.05, 4.69) is 12.6 Å². The van der Waals surface area contributed by atoms with Gasteiger partial charge in [0, 0.05) is 5.75 Å². The van der Waals surface area contributed by atoms with Crippen LogP contribution >= 0.6 is 32.2 Å². The van der Waals surface area contributed by atoms with Crippen molar-refractivity contribution in [3.8, 4) is 0 Å². The second kappa shape index (κ2) is 18.6. The molecule has 0 N–H and O–H groups in total. The summed E-state index contributed by atoms with van der Waals surface area (Å²) in [5.74, 6) is 2.19.